The number of furan rings is 1. The smallest absolute Gasteiger partial charge is 0.135 e. The van der Waals surface area contributed by atoms with E-state index in [1.165, 1.54) is 0 Å². The summed E-state index contributed by atoms with van der Waals surface area (Å²) in [7, 11) is 0. The minimum Gasteiger partial charge on any atom is -0.457 e. The number of aromatic amines is 1. The van der Waals surface area contributed by atoms with Crippen molar-refractivity contribution in [2.45, 2.75) is 0 Å². The Hall–Kier alpha value is -3.51. The molecule has 2 aromatic heterocycles. The van der Waals surface area contributed by atoms with E-state index in [2.05, 4.69) is 4.98 Å². The van der Waals surface area contributed by atoms with E-state index in [1.54, 1.807) is 12.1 Å². The molecule has 0 spiro atoms. The maximum Gasteiger partial charge on any atom is 0.135 e. The Balaban J connectivity index is 0.00000210. The molecule has 0 bridgehead atoms. The van der Waals surface area contributed by atoms with Gasteiger partial charge in [-0.1, -0.05) is 24.3 Å². The van der Waals surface area contributed by atoms with Crippen LogP contribution in [0, 0.1) is 10.8 Å². The molecule has 0 amide bonds. The van der Waals surface area contributed by atoms with Gasteiger partial charge >= 0.3 is 0 Å². The number of aromatic nitrogens is 1. The van der Waals surface area contributed by atoms with E-state index in [0.717, 1.165) is 22.0 Å². The van der Waals surface area contributed by atoms with Gasteiger partial charge in [0.05, 0.1) is 0 Å². The minimum atomic E-state index is 0. The Labute approximate surface area is 161 Å². The average Bonchev–Trinajstić information content (AvgIpc) is 3.21. The van der Waals surface area contributed by atoms with Gasteiger partial charge < -0.3 is 20.9 Å². The lowest BCUT2D eigenvalue weighted by atomic mass is 10.1. The number of nitrogens with one attached hydrogen (secondary N) is 3. The molecule has 6 nitrogen and oxygen atoms in total. The maximum absolute atomic E-state index is 7.52. The summed E-state index contributed by atoms with van der Waals surface area (Å²) in [4.78, 5) is 3.29. The topological polar surface area (TPSA) is 129 Å². The third kappa shape index (κ3) is 3.56. The first kappa shape index (κ1) is 18.3. The van der Waals surface area contributed by atoms with Crippen molar-refractivity contribution in [3.63, 3.8) is 0 Å². The highest BCUT2D eigenvalue weighted by Gasteiger charge is 2.05. The summed E-state index contributed by atoms with van der Waals surface area (Å²) < 4.78 is 5.81. The van der Waals surface area contributed by atoms with Gasteiger partial charge in [-0.05, 0) is 36.4 Å². The van der Waals surface area contributed by atoms with E-state index in [-0.39, 0.29) is 24.1 Å². The van der Waals surface area contributed by atoms with Crippen LogP contribution in [0.2, 0.25) is 0 Å². The quantitative estimate of drug-likeness (QED) is 0.270. The molecule has 7 N–H and O–H groups in total. The van der Waals surface area contributed by atoms with E-state index in [1.807, 2.05) is 48.6 Å². The number of hydrogen-bond donors (Lipinski definition) is 5. The summed E-state index contributed by atoms with van der Waals surface area (Å²) in [5.74, 6) is 0.776. The second-order valence-corrected chi connectivity index (χ2v) is 6.09. The molecule has 4 rings (SSSR count). The monoisotopic (exact) mass is 379 g/mol. The molecule has 0 saturated carbocycles. The molecule has 0 aliphatic rings. The van der Waals surface area contributed by atoms with Crippen molar-refractivity contribution in [1.82, 2.24) is 4.98 Å². The highest BCUT2D eigenvalue weighted by molar-refractivity contribution is 5.99. The van der Waals surface area contributed by atoms with Gasteiger partial charge in [0.15, 0.2) is 0 Å². The van der Waals surface area contributed by atoms with E-state index in [9.17, 15) is 0 Å². The van der Waals surface area contributed by atoms with Gasteiger partial charge in [-0.25, -0.2) is 0 Å². The second kappa shape index (κ2) is 7.01. The Morgan fingerprint density at radius 1 is 0.852 bits per heavy atom. The molecule has 136 valence electrons. The van der Waals surface area contributed by atoms with E-state index >= 15 is 0 Å². The van der Waals surface area contributed by atoms with Crippen LogP contribution in [0.4, 0.5) is 0 Å². The minimum absolute atomic E-state index is 0. The molecule has 4 aromatic rings. The summed E-state index contributed by atoms with van der Waals surface area (Å²) in [6, 6.07) is 15.0. The van der Waals surface area contributed by atoms with Crippen LogP contribution in [-0.4, -0.2) is 16.7 Å². The number of nitrogens with two attached hydrogens (primary N) is 2. The zero-order chi connectivity index (χ0) is 18.3. The van der Waals surface area contributed by atoms with Crippen LogP contribution in [0.5, 0.6) is 0 Å². The van der Waals surface area contributed by atoms with Crippen molar-refractivity contribution in [1.29, 1.82) is 10.8 Å². The fourth-order valence-electron chi connectivity index (χ4n) is 2.88. The highest BCUT2D eigenvalue weighted by atomic mass is 35.5. The number of hydrogen-bond acceptors (Lipinski definition) is 3. The first-order valence-electron chi connectivity index (χ1n) is 8.03. The third-order valence-electron chi connectivity index (χ3n) is 4.23. The highest BCUT2D eigenvalue weighted by Crippen LogP contribution is 2.23. The first-order valence-corrected chi connectivity index (χ1v) is 8.03. The van der Waals surface area contributed by atoms with Gasteiger partial charge in [0, 0.05) is 33.1 Å². The van der Waals surface area contributed by atoms with Crippen LogP contribution in [0.3, 0.4) is 0 Å². The molecule has 0 atom stereocenters. The SMILES string of the molecule is Cl.N=C(N)c1ccc2cc(/C=C/c3cc4ccc(C(=N)N)cc4o3)[nH]c2c1. The average molecular weight is 380 g/mol. The van der Waals surface area contributed by atoms with E-state index in [4.69, 9.17) is 26.7 Å². The predicted octanol–water partition coefficient (Wildman–Crippen LogP) is 4.07. The summed E-state index contributed by atoms with van der Waals surface area (Å²) in [5, 5.41) is 17.0. The molecule has 0 aliphatic carbocycles. The molecular formula is C20H18ClN5O. The van der Waals surface area contributed by atoms with Crippen molar-refractivity contribution in [2.75, 3.05) is 0 Å². The largest absolute Gasteiger partial charge is 0.457 e. The lowest BCUT2D eigenvalue weighted by Gasteiger charge is -1.96. The number of nitrogen functional groups attached to an aromatic ring is 2. The third-order valence-corrected chi connectivity index (χ3v) is 4.23. The van der Waals surface area contributed by atoms with Crippen molar-refractivity contribution >= 4 is 58.1 Å². The Morgan fingerprint density at radius 2 is 1.52 bits per heavy atom. The van der Waals surface area contributed by atoms with Gasteiger partial charge in [-0.3, -0.25) is 10.8 Å². The molecule has 2 heterocycles. The molecule has 27 heavy (non-hydrogen) atoms. The van der Waals surface area contributed by atoms with Gasteiger partial charge in [0.25, 0.3) is 0 Å². The molecule has 0 aliphatic heterocycles. The molecule has 0 radical (unpaired) electrons. The molecule has 2 aromatic carbocycles. The lowest BCUT2D eigenvalue weighted by Crippen LogP contribution is -2.10. The van der Waals surface area contributed by atoms with Crippen molar-refractivity contribution in [3.05, 3.63) is 71.1 Å². The fraction of sp³-hybridized carbons (Fsp3) is 0. The van der Waals surface area contributed by atoms with Crippen molar-refractivity contribution in [2.24, 2.45) is 11.5 Å². The molecule has 7 heteroatoms. The second-order valence-electron chi connectivity index (χ2n) is 6.09. The van der Waals surface area contributed by atoms with Crippen LogP contribution in [0.15, 0.2) is 52.9 Å². The van der Waals surface area contributed by atoms with E-state index < -0.39 is 0 Å². The van der Waals surface area contributed by atoms with E-state index in [0.29, 0.717) is 22.5 Å². The zero-order valence-corrected chi connectivity index (χ0v) is 15.1. The normalized spacial score (nSPS) is 11.1. The van der Waals surface area contributed by atoms with Gasteiger partial charge in [-0.2, -0.15) is 0 Å². The summed E-state index contributed by atoms with van der Waals surface area (Å²) >= 11 is 0. The predicted molar refractivity (Wildman–Crippen MR) is 113 cm³/mol. The number of H-pyrrole nitrogens is 1. The molecule has 0 saturated heterocycles. The standard InChI is InChI=1S/C20H17N5O.ClH/c21-19(22)13-3-1-11-7-15(25-17(11)9-13)5-6-16-8-12-2-4-14(20(23)24)10-18(12)26-16;/h1-10,25H,(H3,21,22)(H3,23,24);1H/b6-5+;. The molecule has 0 unspecified atom stereocenters. The summed E-state index contributed by atoms with van der Waals surface area (Å²) in [6.45, 7) is 0. The number of rotatable bonds is 4. The molecule has 0 fully saturated rings. The Kier molecular flexibility index (Phi) is 4.75. The van der Waals surface area contributed by atoms with Crippen molar-refractivity contribution < 1.29 is 4.42 Å². The fourth-order valence-corrected chi connectivity index (χ4v) is 2.88. The van der Waals surface area contributed by atoms with Crippen LogP contribution in [0.25, 0.3) is 34.0 Å². The summed E-state index contributed by atoms with van der Waals surface area (Å²) in [6.07, 6.45) is 3.81. The van der Waals surface area contributed by atoms with Crippen molar-refractivity contribution in [3.8, 4) is 0 Å². The van der Waals surface area contributed by atoms with Crippen LogP contribution >= 0.6 is 12.4 Å². The van der Waals surface area contributed by atoms with Gasteiger partial charge in [0.1, 0.15) is 23.0 Å². The number of benzene rings is 2. The number of fused-ring (bicyclic) bond motifs is 2. The Bertz CT molecular complexity index is 1110. The molecular weight excluding hydrogens is 362 g/mol. The zero-order valence-electron chi connectivity index (χ0n) is 14.2. The number of amidine groups is 2. The summed E-state index contributed by atoms with van der Waals surface area (Å²) in [5.41, 5.74) is 14.9. The Morgan fingerprint density at radius 3 is 2.22 bits per heavy atom. The number of halogens is 1. The maximum atomic E-state index is 7.52. The van der Waals surface area contributed by atoms with Crippen LogP contribution < -0.4 is 11.5 Å². The first-order chi connectivity index (χ1) is 12.5. The van der Waals surface area contributed by atoms with Gasteiger partial charge in [-0.15, -0.1) is 12.4 Å². The van der Waals surface area contributed by atoms with Crippen LogP contribution in [-0.2, 0) is 0 Å². The van der Waals surface area contributed by atoms with Crippen LogP contribution in [0.1, 0.15) is 22.6 Å². The van der Waals surface area contributed by atoms with Gasteiger partial charge in [0.2, 0.25) is 0 Å². The lowest BCUT2D eigenvalue weighted by molar-refractivity contribution is 0.604.